The topological polar surface area (TPSA) is 152 Å². The van der Waals surface area contributed by atoms with Gasteiger partial charge in [0.1, 0.15) is 31.5 Å². The van der Waals surface area contributed by atoms with Crippen LogP contribution < -0.4 is 31.0 Å². The molecular formula is C31H34N4O6. The van der Waals surface area contributed by atoms with Gasteiger partial charge < -0.3 is 35.4 Å². The quantitative estimate of drug-likeness (QED) is 0.152. The third-order valence-electron chi connectivity index (χ3n) is 7.04. The molecule has 214 valence electrons. The number of carbonyl (C=O) groups excluding carboxylic acids is 2. The van der Waals surface area contributed by atoms with E-state index in [-0.39, 0.29) is 11.1 Å². The van der Waals surface area contributed by atoms with E-state index in [0.717, 1.165) is 22.0 Å². The van der Waals surface area contributed by atoms with Crippen LogP contribution in [0.25, 0.3) is 33.4 Å². The number of nitrogens with two attached hydrogens (primary N) is 1. The van der Waals surface area contributed by atoms with Gasteiger partial charge in [0.25, 0.3) is 5.91 Å². The fourth-order valence-electron chi connectivity index (χ4n) is 4.70. The zero-order valence-corrected chi connectivity index (χ0v) is 23.6. The van der Waals surface area contributed by atoms with Gasteiger partial charge in [0.05, 0.1) is 12.0 Å². The maximum absolute atomic E-state index is 12.8. The SMILES string of the molecule is CN(C)c1ccc2c(-c3ccc(C(=O)NCCCC[C@@H](N)C(=O)O)cc3C(=O)[O-])c3ccc(=[N+](C)C)cc-3oc2c1. The highest BCUT2D eigenvalue weighted by Crippen LogP contribution is 2.42. The van der Waals surface area contributed by atoms with Crippen molar-refractivity contribution in [2.75, 3.05) is 39.6 Å². The number of hydrogen-bond acceptors (Lipinski definition) is 7. The molecule has 10 nitrogen and oxygen atoms in total. The fourth-order valence-corrected chi connectivity index (χ4v) is 4.70. The molecule has 4 N–H and O–H groups in total. The number of nitrogens with one attached hydrogen (secondary N) is 1. The van der Waals surface area contributed by atoms with Gasteiger partial charge in [-0.2, -0.15) is 0 Å². The van der Waals surface area contributed by atoms with E-state index in [2.05, 4.69) is 5.32 Å². The van der Waals surface area contributed by atoms with E-state index < -0.39 is 23.9 Å². The molecule has 1 heterocycles. The first kappa shape index (κ1) is 29.3. The van der Waals surface area contributed by atoms with Crippen molar-refractivity contribution < 1.29 is 29.0 Å². The number of anilines is 1. The number of unbranched alkanes of at least 4 members (excludes halogenated alkanes) is 1. The summed E-state index contributed by atoms with van der Waals surface area (Å²) in [5, 5.41) is 25.7. The summed E-state index contributed by atoms with van der Waals surface area (Å²) in [7, 11) is 7.71. The van der Waals surface area contributed by atoms with Crippen molar-refractivity contribution in [2.24, 2.45) is 5.73 Å². The largest absolute Gasteiger partial charge is 0.545 e. The number of nitrogens with zero attached hydrogens (tertiary/aromatic N) is 2. The zero-order chi connectivity index (χ0) is 29.8. The fraction of sp³-hybridized carbons (Fsp3) is 0.290. The average molecular weight is 559 g/mol. The molecule has 0 unspecified atom stereocenters. The first-order chi connectivity index (χ1) is 19.5. The second kappa shape index (κ2) is 12.2. The Balaban J connectivity index is 1.76. The Bertz CT molecular complexity index is 1670. The number of carboxylic acids is 2. The molecule has 1 aliphatic carbocycles. The molecular weight excluding hydrogens is 524 g/mol. The first-order valence-electron chi connectivity index (χ1n) is 13.3. The molecule has 2 aliphatic rings. The molecule has 0 aromatic heterocycles. The third-order valence-corrected chi connectivity index (χ3v) is 7.04. The van der Waals surface area contributed by atoms with E-state index in [4.69, 9.17) is 15.3 Å². The molecule has 1 atom stereocenters. The van der Waals surface area contributed by atoms with Crippen LogP contribution in [0.5, 0.6) is 0 Å². The number of hydrogen-bond donors (Lipinski definition) is 3. The van der Waals surface area contributed by atoms with E-state index in [9.17, 15) is 19.5 Å². The average Bonchev–Trinajstić information content (AvgIpc) is 2.94. The van der Waals surface area contributed by atoms with Crippen molar-refractivity contribution >= 4 is 34.5 Å². The number of amides is 1. The molecule has 1 aliphatic heterocycles. The minimum absolute atomic E-state index is 0.118. The van der Waals surface area contributed by atoms with Crippen LogP contribution in [-0.2, 0) is 4.79 Å². The first-order valence-corrected chi connectivity index (χ1v) is 13.3. The van der Waals surface area contributed by atoms with Gasteiger partial charge >= 0.3 is 5.97 Å². The normalized spacial score (nSPS) is 11.8. The van der Waals surface area contributed by atoms with Gasteiger partial charge in [-0.05, 0) is 55.2 Å². The summed E-state index contributed by atoms with van der Waals surface area (Å²) in [4.78, 5) is 38.0. The molecule has 4 rings (SSSR count). The highest BCUT2D eigenvalue weighted by atomic mass is 16.4. The van der Waals surface area contributed by atoms with Crippen LogP contribution in [0.1, 0.15) is 40.0 Å². The van der Waals surface area contributed by atoms with Crippen LogP contribution in [0.15, 0.2) is 59.0 Å². The summed E-state index contributed by atoms with van der Waals surface area (Å²) in [6.45, 7) is 0.297. The Labute approximate surface area is 237 Å². The van der Waals surface area contributed by atoms with Crippen molar-refractivity contribution in [1.29, 1.82) is 0 Å². The van der Waals surface area contributed by atoms with Gasteiger partial charge in [0.2, 0.25) is 5.36 Å². The summed E-state index contributed by atoms with van der Waals surface area (Å²) < 4.78 is 8.28. The highest BCUT2D eigenvalue weighted by molar-refractivity contribution is 6.09. The van der Waals surface area contributed by atoms with Gasteiger partial charge in [0.15, 0.2) is 0 Å². The van der Waals surface area contributed by atoms with Crippen LogP contribution in [0.2, 0.25) is 0 Å². The number of rotatable bonds is 10. The van der Waals surface area contributed by atoms with Gasteiger partial charge in [-0.1, -0.05) is 6.07 Å². The predicted molar refractivity (Wildman–Crippen MR) is 156 cm³/mol. The van der Waals surface area contributed by atoms with E-state index in [1.807, 2.05) is 74.1 Å². The minimum Gasteiger partial charge on any atom is -0.545 e. The molecule has 0 saturated heterocycles. The lowest BCUT2D eigenvalue weighted by molar-refractivity contribution is -0.254. The molecule has 0 spiro atoms. The number of benzene rings is 3. The van der Waals surface area contributed by atoms with Crippen LogP contribution in [0.4, 0.5) is 5.69 Å². The van der Waals surface area contributed by atoms with Gasteiger partial charge in [-0.15, -0.1) is 0 Å². The second-order valence-electron chi connectivity index (χ2n) is 10.4. The van der Waals surface area contributed by atoms with E-state index in [1.165, 1.54) is 6.07 Å². The Hall–Kier alpha value is -4.70. The molecule has 1 amide bonds. The summed E-state index contributed by atoms with van der Waals surface area (Å²) in [5.41, 5.74) is 8.87. The van der Waals surface area contributed by atoms with Crippen molar-refractivity contribution in [3.8, 4) is 22.5 Å². The molecule has 0 radical (unpaired) electrons. The van der Waals surface area contributed by atoms with Crippen molar-refractivity contribution in [2.45, 2.75) is 25.3 Å². The minimum atomic E-state index is -1.41. The lowest BCUT2D eigenvalue weighted by Crippen LogP contribution is -2.30. The molecule has 2 aromatic carbocycles. The van der Waals surface area contributed by atoms with Crippen molar-refractivity contribution in [3.05, 3.63) is 71.1 Å². The Morgan fingerprint density at radius 3 is 2.41 bits per heavy atom. The van der Waals surface area contributed by atoms with Crippen LogP contribution in [-0.4, -0.2) is 63.7 Å². The number of carbonyl (C=O) groups is 3. The van der Waals surface area contributed by atoms with Crippen LogP contribution in [0, 0.1) is 0 Å². The number of carboxylic acid groups (broad SMARTS) is 2. The van der Waals surface area contributed by atoms with Crippen LogP contribution in [0.3, 0.4) is 0 Å². The molecule has 0 fully saturated rings. The zero-order valence-electron chi connectivity index (χ0n) is 23.6. The maximum Gasteiger partial charge on any atom is 0.320 e. The molecule has 0 bridgehead atoms. The Morgan fingerprint density at radius 1 is 1.02 bits per heavy atom. The smallest absolute Gasteiger partial charge is 0.320 e. The highest BCUT2D eigenvalue weighted by Gasteiger charge is 2.22. The standard InChI is InChI=1S/C31H34N4O6/c1-34(2)19-9-12-22-26(16-19)41-27-17-20(35(3)4)10-13-23(27)28(22)21-11-8-18(15-24(21)30(37)38)29(36)33-14-6-5-7-25(32)31(39)40/h8-13,15-17,25H,5-7,14,32H2,1-4H3,(H2-,33,36,37,38,39,40)/t25-/m1/s1. The monoisotopic (exact) mass is 558 g/mol. The molecule has 10 heteroatoms. The lowest BCUT2D eigenvalue weighted by atomic mass is 9.89. The second-order valence-corrected chi connectivity index (χ2v) is 10.4. The van der Waals surface area contributed by atoms with Crippen molar-refractivity contribution in [1.82, 2.24) is 9.89 Å². The number of aliphatic carboxylic acids is 1. The summed E-state index contributed by atoms with van der Waals surface area (Å²) in [6, 6.07) is 15.1. The summed E-state index contributed by atoms with van der Waals surface area (Å²) >= 11 is 0. The van der Waals surface area contributed by atoms with Crippen LogP contribution >= 0.6 is 0 Å². The van der Waals surface area contributed by atoms with Gasteiger partial charge in [0, 0.05) is 66.1 Å². The molecule has 41 heavy (non-hydrogen) atoms. The van der Waals surface area contributed by atoms with E-state index in [0.29, 0.717) is 48.3 Å². The summed E-state index contributed by atoms with van der Waals surface area (Å²) in [6.07, 6.45) is 1.36. The molecule has 0 saturated carbocycles. The summed E-state index contributed by atoms with van der Waals surface area (Å²) in [5.74, 6) is -2.32. The predicted octanol–water partition coefficient (Wildman–Crippen LogP) is 1.98. The van der Waals surface area contributed by atoms with Crippen molar-refractivity contribution in [3.63, 3.8) is 0 Å². The van der Waals surface area contributed by atoms with Gasteiger partial charge in [-0.25, -0.2) is 4.58 Å². The number of aromatic carboxylic acids is 1. The molecule has 2 aromatic rings. The third kappa shape index (κ3) is 6.38. The maximum atomic E-state index is 12.8. The Kier molecular flexibility index (Phi) is 8.73. The van der Waals surface area contributed by atoms with Gasteiger partial charge in [-0.3, -0.25) is 9.59 Å². The number of fused-ring (bicyclic) bond motifs is 2. The Morgan fingerprint density at radius 2 is 1.76 bits per heavy atom. The van der Waals surface area contributed by atoms with E-state index >= 15 is 0 Å². The van der Waals surface area contributed by atoms with E-state index in [1.54, 1.807) is 12.1 Å². The lowest BCUT2D eigenvalue weighted by Gasteiger charge is -2.20.